The summed E-state index contributed by atoms with van der Waals surface area (Å²) in [7, 11) is 0. The van der Waals surface area contributed by atoms with Gasteiger partial charge < -0.3 is 10.6 Å². The lowest BCUT2D eigenvalue weighted by Gasteiger charge is -2.08. The molecule has 0 spiro atoms. The van der Waals surface area contributed by atoms with E-state index in [0.29, 0.717) is 24.0 Å². The second-order valence-corrected chi connectivity index (χ2v) is 5.73. The Morgan fingerprint density at radius 1 is 1.14 bits per heavy atom. The highest BCUT2D eigenvalue weighted by Crippen LogP contribution is 2.05. The van der Waals surface area contributed by atoms with Crippen LogP contribution in [0, 0.1) is 12.8 Å². The zero-order valence-electron chi connectivity index (χ0n) is 13.3. The molecule has 116 valence electrons. The van der Waals surface area contributed by atoms with E-state index in [2.05, 4.69) is 34.4 Å². The lowest BCUT2D eigenvalue weighted by molar-refractivity contribution is 0.0945. The molecule has 0 saturated carbocycles. The van der Waals surface area contributed by atoms with Crippen LogP contribution in [0.3, 0.4) is 0 Å². The zero-order valence-corrected chi connectivity index (χ0v) is 13.3. The molecule has 0 atom stereocenters. The number of carbonyl (C=O) groups is 1. The van der Waals surface area contributed by atoms with Gasteiger partial charge in [-0.25, -0.2) is 9.97 Å². The number of aromatic nitrogens is 2. The highest BCUT2D eigenvalue weighted by molar-refractivity contribution is 5.91. The first-order valence-electron chi connectivity index (χ1n) is 7.44. The molecule has 0 aliphatic rings. The van der Waals surface area contributed by atoms with Gasteiger partial charge in [0.15, 0.2) is 0 Å². The van der Waals surface area contributed by atoms with E-state index in [4.69, 9.17) is 0 Å². The van der Waals surface area contributed by atoms with Crippen molar-refractivity contribution in [2.24, 2.45) is 5.92 Å². The number of nitrogens with one attached hydrogen (secondary N) is 2. The molecule has 2 rings (SSSR count). The van der Waals surface area contributed by atoms with E-state index in [1.807, 2.05) is 31.2 Å². The maximum atomic E-state index is 12.0. The number of hydrogen-bond donors (Lipinski definition) is 2. The molecule has 0 fully saturated rings. The zero-order chi connectivity index (χ0) is 15.9. The van der Waals surface area contributed by atoms with Crippen LogP contribution in [-0.2, 0) is 6.54 Å². The van der Waals surface area contributed by atoms with E-state index < -0.39 is 0 Å². The molecule has 1 amide bonds. The number of nitrogens with zero attached hydrogens (tertiary/aromatic N) is 2. The Balaban J connectivity index is 1.88. The van der Waals surface area contributed by atoms with E-state index in [0.717, 1.165) is 12.1 Å². The maximum absolute atomic E-state index is 12.0. The fraction of sp³-hybridized carbons (Fsp3) is 0.353. The number of carbonyl (C=O) groups excluding carboxylic acids is 1. The fourth-order valence-electron chi connectivity index (χ4n) is 1.82. The topological polar surface area (TPSA) is 66.9 Å². The van der Waals surface area contributed by atoms with Gasteiger partial charge in [0.1, 0.15) is 11.5 Å². The van der Waals surface area contributed by atoms with Gasteiger partial charge >= 0.3 is 0 Å². The van der Waals surface area contributed by atoms with Crippen molar-refractivity contribution in [3.05, 3.63) is 53.5 Å². The van der Waals surface area contributed by atoms with Crippen LogP contribution in [0.2, 0.25) is 0 Å². The Kier molecular flexibility index (Phi) is 5.47. The summed E-state index contributed by atoms with van der Waals surface area (Å²) in [5.74, 6) is 0.992. The minimum Gasteiger partial charge on any atom is -0.369 e. The third-order valence-electron chi connectivity index (χ3n) is 3.15. The van der Waals surface area contributed by atoms with Crippen LogP contribution >= 0.6 is 0 Å². The van der Waals surface area contributed by atoms with Crippen LogP contribution in [0.5, 0.6) is 0 Å². The number of aryl methyl sites for hydroxylation is 1. The molecule has 0 aliphatic carbocycles. The number of rotatable bonds is 6. The highest BCUT2D eigenvalue weighted by Gasteiger charge is 2.07. The second kappa shape index (κ2) is 7.54. The molecule has 5 heteroatoms. The first-order valence-corrected chi connectivity index (χ1v) is 7.44. The summed E-state index contributed by atoms with van der Waals surface area (Å²) in [5.41, 5.74) is 2.58. The fourth-order valence-corrected chi connectivity index (χ4v) is 1.82. The van der Waals surface area contributed by atoms with Crippen LogP contribution in [0.25, 0.3) is 0 Å². The minimum absolute atomic E-state index is 0.219. The molecule has 1 heterocycles. The first-order chi connectivity index (χ1) is 10.5. The van der Waals surface area contributed by atoms with E-state index >= 15 is 0 Å². The van der Waals surface area contributed by atoms with Crippen molar-refractivity contribution in [3.63, 3.8) is 0 Å². The van der Waals surface area contributed by atoms with Crippen molar-refractivity contribution in [1.29, 1.82) is 0 Å². The molecule has 2 aromatic rings. The smallest absolute Gasteiger partial charge is 0.271 e. The molecule has 2 N–H and O–H groups in total. The molecule has 1 aromatic heterocycles. The van der Waals surface area contributed by atoms with Gasteiger partial charge in [-0.1, -0.05) is 43.7 Å². The SMILES string of the molecule is Cc1ccc(CNC(=O)c2cnc(NCC(C)C)cn2)cc1. The van der Waals surface area contributed by atoms with Gasteiger partial charge in [0.05, 0.1) is 12.4 Å². The molecule has 0 unspecified atom stereocenters. The minimum atomic E-state index is -0.219. The summed E-state index contributed by atoms with van der Waals surface area (Å²) in [6.07, 6.45) is 3.08. The van der Waals surface area contributed by atoms with Gasteiger partial charge in [-0.2, -0.15) is 0 Å². The molecule has 0 saturated heterocycles. The first kappa shape index (κ1) is 15.9. The molecule has 0 bridgehead atoms. The number of hydrogen-bond acceptors (Lipinski definition) is 4. The molecular formula is C17H22N4O. The number of benzene rings is 1. The van der Waals surface area contributed by atoms with Gasteiger partial charge in [0.25, 0.3) is 5.91 Å². The Morgan fingerprint density at radius 3 is 2.45 bits per heavy atom. The Hall–Kier alpha value is -2.43. The monoisotopic (exact) mass is 298 g/mol. The van der Waals surface area contributed by atoms with Gasteiger partial charge in [0.2, 0.25) is 0 Å². The average molecular weight is 298 g/mol. The van der Waals surface area contributed by atoms with E-state index in [-0.39, 0.29) is 5.91 Å². The molecular weight excluding hydrogens is 276 g/mol. The Labute approximate surface area is 131 Å². The lowest BCUT2D eigenvalue weighted by Crippen LogP contribution is -2.24. The van der Waals surface area contributed by atoms with Gasteiger partial charge in [-0.05, 0) is 18.4 Å². The van der Waals surface area contributed by atoms with Crippen LogP contribution in [-0.4, -0.2) is 22.4 Å². The molecule has 1 aromatic carbocycles. The third kappa shape index (κ3) is 4.84. The van der Waals surface area contributed by atoms with E-state index in [1.54, 1.807) is 6.20 Å². The lowest BCUT2D eigenvalue weighted by atomic mass is 10.1. The number of anilines is 1. The van der Waals surface area contributed by atoms with Gasteiger partial charge in [0, 0.05) is 13.1 Å². The molecule has 0 aliphatic heterocycles. The Morgan fingerprint density at radius 2 is 1.86 bits per heavy atom. The van der Waals surface area contributed by atoms with Crippen molar-refractivity contribution in [2.45, 2.75) is 27.3 Å². The molecule has 5 nitrogen and oxygen atoms in total. The van der Waals surface area contributed by atoms with Crippen molar-refractivity contribution in [2.75, 3.05) is 11.9 Å². The predicted octanol–water partition coefficient (Wildman–Crippen LogP) is 2.78. The van der Waals surface area contributed by atoms with Crippen molar-refractivity contribution >= 4 is 11.7 Å². The summed E-state index contributed by atoms with van der Waals surface area (Å²) in [6, 6.07) is 8.05. The van der Waals surface area contributed by atoms with Gasteiger partial charge in [-0.3, -0.25) is 4.79 Å². The predicted molar refractivity (Wildman–Crippen MR) is 87.7 cm³/mol. The standard InChI is InChI=1S/C17H22N4O/c1-12(2)8-19-16-11-18-15(10-20-16)17(22)21-9-14-6-4-13(3)5-7-14/h4-7,10-12H,8-9H2,1-3H3,(H,19,20)(H,21,22). The summed E-state index contributed by atoms with van der Waals surface area (Å²) in [5, 5.41) is 6.01. The third-order valence-corrected chi connectivity index (χ3v) is 3.15. The van der Waals surface area contributed by atoms with Crippen LogP contribution < -0.4 is 10.6 Å². The van der Waals surface area contributed by atoms with E-state index in [1.165, 1.54) is 11.8 Å². The average Bonchev–Trinajstić information content (AvgIpc) is 2.52. The maximum Gasteiger partial charge on any atom is 0.271 e. The molecule has 0 radical (unpaired) electrons. The Bertz CT molecular complexity index is 606. The summed E-state index contributed by atoms with van der Waals surface area (Å²) >= 11 is 0. The summed E-state index contributed by atoms with van der Waals surface area (Å²) in [6.45, 7) is 7.58. The number of amides is 1. The van der Waals surface area contributed by atoms with Gasteiger partial charge in [-0.15, -0.1) is 0 Å². The van der Waals surface area contributed by atoms with Crippen molar-refractivity contribution in [1.82, 2.24) is 15.3 Å². The quantitative estimate of drug-likeness (QED) is 0.860. The van der Waals surface area contributed by atoms with Crippen molar-refractivity contribution < 1.29 is 4.79 Å². The largest absolute Gasteiger partial charge is 0.369 e. The van der Waals surface area contributed by atoms with E-state index in [9.17, 15) is 4.79 Å². The van der Waals surface area contributed by atoms with Crippen LogP contribution in [0.1, 0.15) is 35.5 Å². The highest BCUT2D eigenvalue weighted by atomic mass is 16.1. The summed E-state index contributed by atoms with van der Waals surface area (Å²) < 4.78 is 0. The van der Waals surface area contributed by atoms with Crippen molar-refractivity contribution in [3.8, 4) is 0 Å². The second-order valence-electron chi connectivity index (χ2n) is 5.73. The summed E-state index contributed by atoms with van der Waals surface area (Å²) in [4.78, 5) is 20.4. The van der Waals surface area contributed by atoms with Crippen LogP contribution in [0.4, 0.5) is 5.82 Å². The normalized spacial score (nSPS) is 10.5. The van der Waals surface area contributed by atoms with Crippen LogP contribution in [0.15, 0.2) is 36.7 Å². The molecule has 22 heavy (non-hydrogen) atoms.